The van der Waals surface area contributed by atoms with Gasteiger partial charge in [-0.25, -0.2) is 0 Å². The molecule has 2 aliphatic heterocycles. The van der Waals surface area contributed by atoms with Gasteiger partial charge in [-0.15, -0.1) is 0 Å². The molecular formula is C23H34N6O. The zero-order chi connectivity index (χ0) is 20.8. The van der Waals surface area contributed by atoms with Crippen molar-refractivity contribution in [3.63, 3.8) is 0 Å². The minimum atomic E-state index is 0.431. The molecule has 0 bridgehead atoms. The van der Waals surface area contributed by atoms with E-state index in [0.717, 1.165) is 77.0 Å². The molecule has 0 amide bonds. The van der Waals surface area contributed by atoms with Crippen molar-refractivity contribution in [2.45, 2.75) is 39.4 Å². The Hall–Kier alpha value is -2.38. The van der Waals surface area contributed by atoms with Crippen LogP contribution in [0.25, 0.3) is 0 Å². The number of benzene rings is 1. The molecule has 1 fully saturated rings. The molecule has 1 aromatic heterocycles. The normalized spacial score (nSPS) is 19.5. The highest BCUT2D eigenvalue weighted by Crippen LogP contribution is 2.20. The lowest BCUT2D eigenvalue weighted by Gasteiger charge is -2.37. The highest BCUT2D eigenvalue weighted by Gasteiger charge is 2.22. The van der Waals surface area contributed by atoms with E-state index >= 15 is 0 Å². The molecule has 0 aliphatic carbocycles. The van der Waals surface area contributed by atoms with Gasteiger partial charge in [-0.3, -0.25) is 14.8 Å². The van der Waals surface area contributed by atoms with Crippen LogP contribution in [0.1, 0.15) is 30.7 Å². The maximum atomic E-state index is 5.01. The largest absolute Gasteiger partial charge is 0.364 e. The van der Waals surface area contributed by atoms with Gasteiger partial charge in [0, 0.05) is 64.5 Å². The van der Waals surface area contributed by atoms with Crippen LogP contribution < -0.4 is 5.32 Å². The molecule has 30 heavy (non-hydrogen) atoms. The van der Waals surface area contributed by atoms with Gasteiger partial charge in [-0.05, 0) is 31.4 Å². The molecule has 2 aromatic rings. The quantitative estimate of drug-likeness (QED) is 0.582. The van der Waals surface area contributed by atoms with Crippen molar-refractivity contribution in [3.8, 4) is 0 Å². The molecule has 0 radical (unpaired) electrons. The van der Waals surface area contributed by atoms with E-state index in [2.05, 4.69) is 63.3 Å². The third-order valence-corrected chi connectivity index (χ3v) is 6.17. The number of fused-ring (bicyclic) bond motifs is 1. The minimum absolute atomic E-state index is 0.431. The second-order valence-corrected chi connectivity index (χ2v) is 8.29. The molecule has 7 heteroatoms. The Kier molecular flexibility index (Phi) is 7.02. The molecule has 162 valence electrons. The van der Waals surface area contributed by atoms with Gasteiger partial charge in [0.15, 0.2) is 5.96 Å². The zero-order valence-corrected chi connectivity index (χ0v) is 18.3. The van der Waals surface area contributed by atoms with Gasteiger partial charge in [-0.2, -0.15) is 0 Å². The Balaban J connectivity index is 1.30. The van der Waals surface area contributed by atoms with Gasteiger partial charge in [0.25, 0.3) is 0 Å². The summed E-state index contributed by atoms with van der Waals surface area (Å²) in [5.74, 6) is 1.04. The van der Waals surface area contributed by atoms with Crippen LogP contribution in [-0.4, -0.2) is 77.7 Å². The van der Waals surface area contributed by atoms with Crippen molar-refractivity contribution in [2.75, 3.05) is 45.8 Å². The SMILES string of the molecule is CCNC(=NCC(C)N1CCc2ccccc2C1)N1CCN(Cc2ccon2)CC1. The number of guanidine groups is 1. The third-order valence-electron chi connectivity index (χ3n) is 6.17. The first kappa shape index (κ1) is 20.9. The number of piperazine rings is 1. The number of nitrogens with one attached hydrogen (secondary N) is 1. The third kappa shape index (κ3) is 5.21. The Labute approximate surface area is 179 Å². The summed E-state index contributed by atoms with van der Waals surface area (Å²) in [5.41, 5.74) is 3.97. The summed E-state index contributed by atoms with van der Waals surface area (Å²) in [6.45, 7) is 13.1. The Morgan fingerprint density at radius 2 is 1.93 bits per heavy atom. The van der Waals surface area contributed by atoms with Crippen LogP contribution in [0.5, 0.6) is 0 Å². The fourth-order valence-corrected chi connectivity index (χ4v) is 4.32. The highest BCUT2D eigenvalue weighted by atomic mass is 16.5. The highest BCUT2D eigenvalue weighted by molar-refractivity contribution is 5.80. The summed E-state index contributed by atoms with van der Waals surface area (Å²) in [6.07, 6.45) is 2.78. The lowest BCUT2D eigenvalue weighted by Crippen LogP contribution is -2.52. The molecule has 1 atom stereocenters. The van der Waals surface area contributed by atoms with Crippen LogP contribution in [-0.2, 0) is 19.5 Å². The van der Waals surface area contributed by atoms with Crippen LogP contribution in [0.15, 0.2) is 46.1 Å². The van der Waals surface area contributed by atoms with Crippen molar-refractivity contribution in [1.82, 2.24) is 25.2 Å². The molecule has 0 spiro atoms. The fraction of sp³-hybridized carbons (Fsp3) is 0.565. The number of aromatic nitrogens is 1. The fourth-order valence-electron chi connectivity index (χ4n) is 4.32. The molecule has 4 rings (SSSR count). The van der Waals surface area contributed by atoms with E-state index in [0.29, 0.717) is 6.04 Å². The second kappa shape index (κ2) is 10.1. The number of nitrogens with zero attached hydrogens (tertiary/aromatic N) is 5. The summed E-state index contributed by atoms with van der Waals surface area (Å²) in [7, 11) is 0. The van der Waals surface area contributed by atoms with E-state index in [-0.39, 0.29) is 0 Å². The van der Waals surface area contributed by atoms with Crippen molar-refractivity contribution in [2.24, 2.45) is 4.99 Å². The van der Waals surface area contributed by atoms with Gasteiger partial charge >= 0.3 is 0 Å². The van der Waals surface area contributed by atoms with Crippen LogP contribution in [0.3, 0.4) is 0 Å². The Morgan fingerprint density at radius 1 is 1.13 bits per heavy atom. The van der Waals surface area contributed by atoms with Gasteiger partial charge in [0.2, 0.25) is 0 Å². The smallest absolute Gasteiger partial charge is 0.194 e. The molecule has 3 heterocycles. The Bertz CT molecular complexity index is 813. The lowest BCUT2D eigenvalue weighted by molar-refractivity contribution is 0.167. The number of hydrogen-bond donors (Lipinski definition) is 1. The summed E-state index contributed by atoms with van der Waals surface area (Å²) in [4.78, 5) is 12.4. The lowest BCUT2D eigenvalue weighted by atomic mass is 9.99. The van der Waals surface area contributed by atoms with E-state index in [9.17, 15) is 0 Å². The Morgan fingerprint density at radius 3 is 2.67 bits per heavy atom. The molecular weight excluding hydrogens is 376 g/mol. The first-order valence-corrected chi connectivity index (χ1v) is 11.2. The van der Waals surface area contributed by atoms with Crippen LogP contribution in [0, 0.1) is 0 Å². The van der Waals surface area contributed by atoms with Gasteiger partial charge in [0.05, 0.1) is 12.2 Å². The maximum Gasteiger partial charge on any atom is 0.194 e. The predicted octanol–water partition coefficient (Wildman–Crippen LogP) is 2.20. The van der Waals surface area contributed by atoms with E-state index in [1.807, 2.05) is 6.07 Å². The van der Waals surface area contributed by atoms with Gasteiger partial charge < -0.3 is 14.7 Å². The minimum Gasteiger partial charge on any atom is -0.364 e. The van der Waals surface area contributed by atoms with E-state index in [1.165, 1.54) is 11.1 Å². The first-order valence-electron chi connectivity index (χ1n) is 11.2. The van der Waals surface area contributed by atoms with Gasteiger partial charge in [0.1, 0.15) is 6.26 Å². The summed E-state index contributed by atoms with van der Waals surface area (Å²) in [5, 5.41) is 7.53. The molecule has 1 unspecified atom stereocenters. The molecule has 1 N–H and O–H groups in total. The molecule has 1 saturated heterocycles. The van der Waals surface area contributed by atoms with E-state index in [1.54, 1.807) is 6.26 Å². The monoisotopic (exact) mass is 410 g/mol. The van der Waals surface area contributed by atoms with Crippen LogP contribution >= 0.6 is 0 Å². The van der Waals surface area contributed by atoms with E-state index in [4.69, 9.17) is 9.52 Å². The number of aliphatic imine (C=N–C) groups is 1. The maximum absolute atomic E-state index is 5.01. The topological polar surface area (TPSA) is 60.1 Å². The predicted molar refractivity (Wildman–Crippen MR) is 119 cm³/mol. The average molecular weight is 411 g/mol. The van der Waals surface area contributed by atoms with Gasteiger partial charge in [-0.1, -0.05) is 29.4 Å². The molecule has 1 aromatic carbocycles. The van der Waals surface area contributed by atoms with Crippen molar-refractivity contribution >= 4 is 5.96 Å². The number of rotatable bonds is 6. The van der Waals surface area contributed by atoms with E-state index < -0.39 is 0 Å². The van der Waals surface area contributed by atoms with Crippen molar-refractivity contribution < 1.29 is 4.52 Å². The summed E-state index contributed by atoms with van der Waals surface area (Å²) < 4.78 is 4.95. The summed E-state index contributed by atoms with van der Waals surface area (Å²) in [6, 6.07) is 11.2. The van der Waals surface area contributed by atoms with Crippen LogP contribution in [0.2, 0.25) is 0 Å². The van der Waals surface area contributed by atoms with Crippen molar-refractivity contribution in [3.05, 3.63) is 53.4 Å². The summed E-state index contributed by atoms with van der Waals surface area (Å²) >= 11 is 0. The zero-order valence-electron chi connectivity index (χ0n) is 18.3. The van der Waals surface area contributed by atoms with Crippen LogP contribution in [0.4, 0.5) is 0 Å². The van der Waals surface area contributed by atoms with Crippen molar-refractivity contribution in [1.29, 1.82) is 0 Å². The molecule has 7 nitrogen and oxygen atoms in total. The number of hydrogen-bond acceptors (Lipinski definition) is 5. The standard InChI is InChI=1S/C23H34N6O/c1-3-24-23(28-13-11-27(12-14-28)18-22-9-15-30-26-22)25-16-19(2)29-10-8-20-6-4-5-7-21(20)17-29/h4-7,9,15,19H,3,8,10-14,16-18H2,1-2H3,(H,24,25). The average Bonchev–Trinajstić information content (AvgIpc) is 3.30. The molecule has 2 aliphatic rings. The second-order valence-electron chi connectivity index (χ2n) is 8.29. The molecule has 0 saturated carbocycles. The first-order chi connectivity index (χ1) is 14.7.